The molecular formula is C9H8NO2. The van der Waals surface area contributed by atoms with E-state index >= 15 is 0 Å². The molecule has 3 heteroatoms. The lowest BCUT2D eigenvalue weighted by molar-refractivity contribution is -0.136. The van der Waals surface area contributed by atoms with Crippen molar-refractivity contribution in [3.63, 3.8) is 0 Å². The average molecular weight is 162 g/mol. The molecular weight excluding hydrogens is 154 g/mol. The standard InChI is InChI=1S/C9H8NO2/c1-10-8(11)6-4-2-3-5-7(6)9(10)12/h2-4,7H,1,5H2. The van der Waals surface area contributed by atoms with Crippen LogP contribution in [-0.2, 0) is 9.59 Å². The highest BCUT2D eigenvalue weighted by atomic mass is 16.2. The van der Waals surface area contributed by atoms with Gasteiger partial charge in [0.1, 0.15) is 0 Å². The predicted molar refractivity (Wildman–Crippen MR) is 42.5 cm³/mol. The van der Waals surface area contributed by atoms with Gasteiger partial charge in [0.05, 0.1) is 5.92 Å². The van der Waals surface area contributed by atoms with E-state index in [9.17, 15) is 9.59 Å². The molecule has 0 bridgehead atoms. The topological polar surface area (TPSA) is 37.4 Å². The van der Waals surface area contributed by atoms with Crippen LogP contribution >= 0.6 is 0 Å². The van der Waals surface area contributed by atoms with E-state index in [1.807, 2.05) is 6.08 Å². The fraction of sp³-hybridized carbons (Fsp3) is 0.222. The van der Waals surface area contributed by atoms with Gasteiger partial charge in [0.25, 0.3) is 5.91 Å². The van der Waals surface area contributed by atoms with Crippen molar-refractivity contribution in [1.29, 1.82) is 0 Å². The van der Waals surface area contributed by atoms with E-state index in [-0.39, 0.29) is 17.7 Å². The molecule has 0 saturated carbocycles. The third-order valence-corrected chi connectivity index (χ3v) is 2.22. The molecule has 1 aliphatic heterocycles. The van der Waals surface area contributed by atoms with Gasteiger partial charge in [-0.15, -0.1) is 0 Å². The summed E-state index contributed by atoms with van der Waals surface area (Å²) in [6.07, 6.45) is 6.01. The number of amides is 2. The van der Waals surface area contributed by atoms with Crippen molar-refractivity contribution in [3.05, 3.63) is 30.8 Å². The number of likely N-dealkylation sites (tertiary alicyclic amines) is 1. The summed E-state index contributed by atoms with van der Waals surface area (Å²) >= 11 is 0. The Kier molecular flexibility index (Phi) is 1.40. The molecule has 0 spiro atoms. The minimum atomic E-state index is -0.264. The van der Waals surface area contributed by atoms with Gasteiger partial charge in [-0.3, -0.25) is 14.5 Å². The van der Waals surface area contributed by atoms with Crippen LogP contribution in [0.3, 0.4) is 0 Å². The summed E-state index contributed by atoms with van der Waals surface area (Å²) in [4.78, 5) is 23.6. The summed E-state index contributed by atoms with van der Waals surface area (Å²) in [5.74, 6) is -0.704. The van der Waals surface area contributed by atoms with Gasteiger partial charge >= 0.3 is 0 Å². The Bertz CT molecular complexity index is 314. The van der Waals surface area contributed by atoms with Crippen molar-refractivity contribution < 1.29 is 9.59 Å². The summed E-state index contributed by atoms with van der Waals surface area (Å²) in [5, 5.41) is 0. The number of hydrogen-bond donors (Lipinski definition) is 0. The van der Waals surface area contributed by atoms with Crippen molar-refractivity contribution in [2.75, 3.05) is 0 Å². The van der Waals surface area contributed by atoms with Gasteiger partial charge in [0, 0.05) is 12.6 Å². The van der Waals surface area contributed by atoms with E-state index in [0.717, 1.165) is 4.90 Å². The molecule has 12 heavy (non-hydrogen) atoms. The first-order valence-corrected chi connectivity index (χ1v) is 3.77. The zero-order valence-electron chi connectivity index (χ0n) is 6.49. The maximum absolute atomic E-state index is 11.3. The van der Waals surface area contributed by atoms with Crippen LogP contribution in [0.1, 0.15) is 6.42 Å². The number of fused-ring (bicyclic) bond motifs is 1. The zero-order valence-corrected chi connectivity index (χ0v) is 6.49. The second-order valence-electron chi connectivity index (χ2n) is 2.91. The average Bonchev–Trinajstić information content (AvgIpc) is 2.33. The summed E-state index contributed by atoms with van der Waals surface area (Å²) < 4.78 is 0. The number of carbonyl (C=O) groups excluding carboxylic acids is 2. The van der Waals surface area contributed by atoms with E-state index in [1.54, 1.807) is 12.2 Å². The molecule has 0 aromatic heterocycles. The number of hydrogen-bond acceptors (Lipinski definition) is 2. The molecule has 2 amide bonds. The Morgan fingerprint density at radius 1 is 1.50 bits per heavy atom. The number of rotatable bonds is 0. The van der Waals surface area contributed by atoms with Crippen molar-refractivity contribution in [2.45, 2.75) is 6.42 Å². The quantitative estimate of drug-likeness (QED) is 0.490. The normalized spacial score (nSPS) is 27.6. The van der Waals surface area contributed by atoms with Crippen LogP contribution in [0.4, 0.5) is 0 Å². The van der Waals surface area contributed by atoms with Gasteiger partial charge < -0.3 is 0 Å². The van der Waals surface area contributed by atoms with E-state index in [2.05, 4.69) is 7.05 Å². The molecule has 0 aromatic rings. The molecule has 0 aromatic carbocycles. The van der Waals surface area contributed by atoms with Crippen molar-refractivity contribution in [1.82, 2.24) is 4.90 Å². The van der Waals surface area contributed by atoms with Crippen LogP contribution in [0, 0.1) is 13.0 Å². The van der Waals surface area contributed by atoms with Crippen LogP contribution in [0.15, 0.2) is 23.8 Å². The van der Waals surface area contributed by atoms with E-state index in [0.29, 0.717) is 12.0 Å². The van der Waals surface area contributed by atoms with Gasteiger partial charge in [-0.25, -0.2) is 0 Å². The maximum Gasteiger partial charge on any atom is 0.257 e. The van der Waals surface area contributed by atoms with Gasteiger partial charge in [-0.05, 0) is 6.42 Å². The third-order valence-electron chi connectivity index (χ3n) is 2.22. The largest absolute Gasteiger partial charge is 0.276 e. The fourth-order valence-electron chi connectivity index (χ4n) is 1.53. The van der Waals surface area contributed by atoms with Crippen molar-refractivity contribution in [2.24, 2.45) is 5.92 Å². The first-order valence-electron chi connectivity index (χ1n) is 3.77. The smallest absolute Gasteiger partial charge is 0.257 e. The van der Waals surface area contributed by atoms with E-state index < -0.39 is 0 Å². The van der Waals surface area contributed by atoms with E-state index in [4.69, 9.17) is 0 Å². The lowest BCUT2D eigenvalue weighted by atomic mass is 9.94. The molecule has 1 unspecified atom stereocenters. The van der Waals surface area contributed by atoms with Gasteiger partial charge in [-0.2, -0.15) is 0 Å². The highest BCUT2D eigenvalue weighted by Gasteiger charge is 2.40. The molecule has 1 heterocycles. The molecule has 1 aliphatic carbocycles. The van der Waals surface area contributed by atoms with Crippen molar-refractivity contribution >= 4 is 11.8 Å². The Morgan fingerprint density at radius 3 is 2.92 bits per heavy atom. The minimum Gasteiger partial charge on any atom is -0.276 e. The second-order valence-corrected chi connectivity index (χ2v) is 2.91. The highest BCUT2D eigenvalue weighted by molar-refractivity contribution is 6.15. The molecule has 2 rings (SSSR count). The van der Waals surface area contributed by atoms with Crippen LogP contribution in [0.5, 0.6) is 0 Å². The summed E-state index contributed by atoms with van der Waals surface area (Å²) in [6.45, 7) is 0. The number of imide groups is 1. The molecule has 1 radical (unpaired) electrons. The first-order chi connectivity index (χ1) is 5.72. The second kappa shape index (κ2) is 2.30. The SMILES string of the molecule is [CH2]N1C(=O)C2=CC=CCC2C1=O. The molecule has 1 fully saturated rings. The predicted octanol–water partition coefficient (Wildman–Crippen LogP) is 0.649. The molecule has 2 aliphatic rings. The van der Waals surface area contributed by atoms with Crippen LogP contribution < -0.4 is 0 Å². The first kappa shape index (κ1) is 7.28. The molecule has 1 atom stereocenters. The molecule has 0 N–H and O–H groups in total. The fourth-order valence-corrected chi connectivity index (χ4v) is 1.53. The summed E-state index contributed by atoms with van der Waals surface area (Å²) in [7, 11) is 3.39. The van der Waals surface area contributed by atoms with E-state index in [1.165, 1.54) is 0 Å². The van der Waals surface area contributed by atoms with Crippen LogP contribution in [0.25, 0.3) is 0 Å². The molecule has 1 saturated heterocycles. The van der Waals surface area contributed by atoms with Gasteiger partial charge in [0.15, 0.2) is 0 Å². The number of allylic oxidation sites excluding steroid dienone is 3. The van der Waals surface area contributed by atoms with Crippen LogP contribution in [-0.4, -0.2) is 16.7 Å². The van der Waals surface area contributed by atoms with Gasteiger partial charge in [-0.1, -0.05) is 18.2 Å². The van der Waals surface area contributed by atoms with Crippen LogP contribution in [0.2, 0.25) is 0 Å². The zero-order chi connectivity index (χ0) is 8.72. The summed E-state index contributed by atoms with van der Waals surface area (Å²) in [6, 6.07) is 0. The maximum atomic E-state index is 11.3. The third kappa shape index (κ3) is 0.763. The Hall–Kier alpha value is -1.38. The number of carbonyl (C=O) groups is 2. The minimum absolute atomic E-state index is 0.185. The molecule has 61 valence electrons. The lowest BCUT2D eigenvalue weighted by Crippen LogP contribution is -2.23. The van der Waals surface area contributed by atoms with Gasteiger partial charge in [0.2, 0.25) is 5.91 Å². The Balaban J connectivity index is 2.44. The Morgan fingerprint density at radius 2 is 2.25 bits per heavy atom. The van der Waals surface area contributed by atoms with Crippen molar-refractivity contribution in [3.8, 4) is 0 Å². The molecule has 3 nitrogen and oxygen atoms in total. The number of nitrogens with zero attached hydrogens (tertiary/aromatic N) is 1. The monoisotopic (exact) mass is 162 g/mol. The summed E-state index contributed by atoms with van der Waals surface area (Å²) in [5.41, 5.74) is 0.581. The highest BCUT2D eigenvalue weighted by Crippen LogP contribution is 2.30. The Labute approximate surface area is 70.4 Å². The lowest BCUT2D eigenvalue weighted by Gasteiger charge is -2.07.